The van der Waals surface area contributed by atoms with Crippen LogP contribution in [0.1, 0.15) is 38.5 Å². The largest absolute Gasteiger partial charge is 0.446 e. The van der Waals surface area contributed by atoms with Gasteiger partial charge in [0, 0.05) is 62.0 Å². The molecule has 0 bridgehead atoms. The second kappa shape index (κ2) is 14.8. The van der Waals surface area contributed by atoms with Crippen LogP contribution in [-0.4, -0.2) is 73.1 Å². The first-order valence-corrected chi connectivity index (χ1v) is 15.2. The quantitative estimate of drug-likeness (QED) is 0.248. The molecular weight excluding hydrogens is 542 g/mol. The minimum Gasteiger partial charge on any atom is -0.446 e. The maximum Gasteiger partial charge on any atom is 0.411 e. The standard InChI is InChI=1S/C34H41N5O4/c1-38(28-14-15-28)20-18-32(40)35-26-10-7-11-27(24-26)36-33(41)19-23-39-21-16-29(17-22-39)43-34(42)37-31-13-6-5-12-30(31)25-8-3-2-4-9-25/h2-13,24,28-29H,14-23H2,1H3,(H,35,40)(H,36,41)(H,37,42). The van der Waals surface area contributed by atoms with Gasteiger partial charge in [0.1, 0.15) is 6.10 Å². The average Bonchev–Trinajstić information content (AvgIpc) is 3.86. The van der Waals surface area contributed by atoms with Crippen molar-refractivity contribution in [3.05, 3.63) is 78.9 Å². The van der Waals surface area contributed by atoms with Crippen LogP contribution in [-0.2, 0) is 14.3 Å². The summed E-state index contributed by atoms with van der Waals surface area (Å²) in [5.74, 6) is -0.109. The Kier molecular flexibility index (Phi) is 10.4. The number of anilines is 3. The van der Waals surface area contributed by atoms with E-state index in [0.717, 1.165) is 30.8 Å². The van der Waals surface area contributed by atoms with E-state index < -0.39 is 6.09 Å². The van der Waals surface area contributed by atoms with Gasteiger partial charge in [-0.2, -0.15) is 0 Å². The van der Waals surface area contributed by atoms with Gasteiger partial charge in [-0.05, 0) is 62.6 Å². The molecule has 0 radical (unpaired) electrons. The van der Waals surface area contributed by atoms with E-state index in [-0.39, 0.29) is 17.9 Å². The zero-order valence-electron chi connectivity index (χ0n) is 24.8. The van der Waals surface area contributed by atoms with Gasteiger partial charge in [-0.3, -0.25) is 14.9 Å². The Balaban J connectivity index is 0.998. The molecular formula is C34H41N5O4. The smallest absolute Gasteiger partial charge is 0.411 e. The van der Waals surface area contributed by atoms with Crippen LogP contribution >= 0.6 is 0 Å². The van der Waals surface area contributed by atoms with Crippen LogP contribution in [0.25, 0.3) is 11.1 Å². The Morgan fingerprint density at radius 3 is 2.14 bits per heavy atom. The molecule has 0 spiro atoms. The third kappa shape index (κ3) is 9.39. The van der Waals surface area contributed by atoms with Crippen molar-refractivity contribution in [1.29, 1.82) is 0 Å². The number of carbonyl (C=O) groups is 3. The van der Waals surface area contributed by atoms with Crippen molar-refractivity contribution in [2.24, 2.45) is 0 Å². The highest BCUT2D eigenvalue weighted by atomic mass is 16.6. The van der Waals surface area contributed by atoms with Crippen LogP contribution in [0.4, 0.5) is 21.9 Å². The van der Waals surface area contributed by atoms with Gasteiger partial charge in [-0.25, -0.2) is 4.79 Å². The number of nitrogens with one attached hydrogen (secondary N) is 3. The first kappa shape index (κ1) is 30.3. The number of rotatable bonds is 12. The Morgan fingerprint density at radius 1 is 0.791 bits per heavy atom. The van der Waals surface area contributed by atoms with Gasteiger partial charge in [-0.1, -0.05) is 54.6 Å². The molecule has 3 amide bonds. The van der Waals surface area contributed by atoms with Gasteiger partial charge < -0.3 is 25.2 Å². The van der Waals surface area contributed by atoms with Crippen LogP contribution in [0.5, 0.6) is 0 Å². The number of para-hydroxylation sites is 1. The highest BCUT2D eigenvalue weighted by molar-refractivity contribution is 5.94. The number of carbonyl (C=O) groups excluding carboxylic acids is 3. The molecule has 0 aromatic heterocycles. The minimum absolute atomic E-state index is 0.0298. The summed E-state index contributed by atoms with van der Waals surface area (Å²) in [5.41, 5.74) is 4.01. The number of hydrogen-bond acceptors (Lipinski definition) is 6. The van der Waals surface area contributed by atoms with E-state index in [2.05, 4.69) is 32.8 Å². The van der Waals surface area contributed by atoms with Gasteiger partial charge in [0.15, 0.2) is 0 Å². The maximum absolute atomic E-state index is 12.7. The van der Waals surface area contributed by atoms with Crippen LogP contribution in [0.3, 0.4) is 0 Å². The van der Waals surface area contributed by atoms with Gasteiger partial charge in [0.05, 0.1) is 5.69 Å². The highest BCUT2D eigenvalue weighted by Crippen LogP contribution is 2.28. The minimum atomic E-state index is -0.453. The summed E-state index contributed by atoms with van der Waals surface area (Å²) < 4.78 is 5.73. The lowest BCUT2D eigenvalue weighted by Crippen LogP contribution is -2.39. The third-order valence-corrected chi connectivity index (χ3v) is 8.00. The molecule has 1 aliphatic carbocycles. The van der Waals surface area contributed by atoms with Crippen molar-refractivity contribution in [1.82, 2.24) is 9.80 Å². The number of likely N-dealkylation sites (tertiary alicyclic amines) is 1. The molecule has 0 unspecified atom stereocenters. The summed E-state index contributed by atoms with van der Waals surface area (Å²) in [6.45, 7) is 2.87. The maximum atomic E-state index is 12.7. The third-order valence-electron chi connectivity index (χ3n) is 8.00. The normalized spacial score (nSPS) is 15.6. The Morgan fingerprint density at radius 2 is 1.44 bits per heavy atom. The SMILES string of the molecule is CN(CCC(=O)Nc1cccc(NC(=O)CCN2CCC(OC(=O)Nc3ccccc3-c3ccccc3)CC2)c1)C1CC1. The lowest BCUT2D eigenvalue weighted by molar-refractivity contribution is -0.117. The molecule has 1 heterocycles. The molecule has 2 fully saturated rings. The van der Waals surface area contributed by atoms with E-state index in [4.69, 9.17) is 4.74 Å². The van der Waals surface area contributed by atoms with E-state index in [0.29, 0.717) is 55.3 Å². The van der Waals surface area contributed by atoms with E-state index >= 15 is 0 Å². The lowest BCUT2D eigenvalue weighted by Gasteiger charge is -2.31. The molecule has 1 aliphatic heterocycles. The highest BCUT2D eigenvalue weighted by Gasteiger charge is 2.26. The first-order valence-electron chi connectivity index (χ1n) is 15.2. The molecule has 3 aromatic carbocycles. The Labute approximate surface area is 253 Å². The summed E-state index contributed by atoms with van der Waals surface area (Å²) in [6, 6.07) is 25.5. The number of ether oxygens (including phenoxy) is 1. The summed E-state index contributed by atoms with van der Waals surface area (Å²) in [7, 11) is 2.06. The van der Waals surface area contributed by atoms with Gasteiger partial charge >= 0.3 is 6.09 Å². The molecule has 43 heavy (non-hydrogen) atoms. The van der Waals surface area contributed by atoms with Crippen LogP contribution in [0.2, 0.25) is 0 Å². The predicted molar refractivity (Wildman–Crippen MR) is 170 cm³/mol. The summed E-state index contributed by atoms with van der Waals surface area (Å²) in [6.07, 6.45) is 4.05. The molecule has 1 saturated carbocycles. The van der Waals surface area contributed by atoms with Crippen LogP contribution < -0.4 is 16.0 Å². The van der Waals surface area contributed by atoms with Crippen molar-refractivity contribution in [3.8, 4) is 11.1 Å². The molecule has 3 N–H and O–H groups in total. The Bertz CT molecular complexity index is 1390. The second-order valence-electron chi connectivity index (χ2n) is 11.4. The zero-order chi connectivity index (χ0) is 30.0. The Hall–Kier alpha value is -4.21. The fraction of sp³-hybridized carbons (Fsp3) is 0.382. The lowest BCUT2D eigenvalue weighted by atomic mass is 10.0. The molecule has 1 saturated heterocycles. The van der Waals surface area contributed by atoms with E-state index in [9.17, 15) is 14.4 Å². The average molecular weight is 584 g/mol. The number of hydrogen-bond donors (Lipinski definition) is 3. The van der Waals surface area contributed by atoms with Gasteiger partial charge in [0.2, 0.25) is 11.8 Å². The van der Waals surface area contributed by atoms with E-state index in [1.165, 1.54) is 12.8 Å². The predicted octanol–water partition coefficient (Wildman–Crippen LogP) is 5.82. The summed E-state index contributed by atoms with van der Waals surface area (Å²) in [4.78, 5) is 42.1. The fourth-order valence-electron chi connectivity index (χ4n) is 5.36. The number of piperidine rings is 1. The topological polar surface area (TPSA) is 103 Å². The molecule has 3 aromatic rings. The van der Waals surface area contributed by atoms with Crippen molar-refractivity contribution in [2.75, 3.05) is 49.2 Å². The molecule has 0 atom stereocenters. The molecule has 2 aliphatic rings. The fourth-order valence-corrected chi connectivity index (χ4v) is 5.36. The second-order valence-corrected chi connectivity index (χ2v) is 11.4. The zero-order valence-corrected chi connectivity index (χ0v) is 24.8. The number of nitrogens with zero attached hydrogens (tertiary/aromatic N) is 2. The molecule has 5 rings (SSSR count). The van der Waals surface area contributed by atoms with Crippen molar-refractivity contribution in [2.45, 2.75) is 50.7 Å². The van der Waals surface area contributed by atoms with Crippen LogP contribution in [0, 0.1) is 0 Å². The van der Waals surface area contributed by atoms with Crippen molar-refractivity contribution >= 4 is 35.0 Å². The molecule has 9 nitrogen and oxygen atoms in total. The summed E-state index contributed by atoms with van der Waals surface area (Å²) in [5, 5.41) is 8.78. The monoisotopic (exact) mass is 583 g/mol. The molecule has 226 valence electrons. The van der Waals surface area contributed by atoms with Gasteiger partial charge in [-0.15, -0.1) is 0 Å². The van der Waals surface area contributed by atoms with Gasteiger partial charge in [0.25, 0.3) is 0 Å². The van der Waals surface area contributed by atoms with Crippen LogP contribution in [0.15, 0.2) is 78.9 Å². The number of amides is 3. The summed E-state index contributed by atoms with van der Waals surface area (Å²) >= 11 is 0. The first-order chi connectivity index (χ1) is 20.9. The van der Waals surface area contributed by atoms with Crippen molar-refractivity contribution in [3.63, 3.8) is 0 Å². The molecule has 9 heteroatoms. The van der Waals surface area contributed by atoms with Crippen molar-refractivity contribution < 1.29 is 19.1 Å². The number of benzene rings is 3. The van der Waals surface area contributed by atoms with E-state index in [1.807, 2.05) is 72.8 Å². The van der Waals surface area contributed by atoms with E-state index in [1.54, 1.807) is 6.07 Å².